The molecule has 114 valence electrons. The topological polar surface area (TPSA) is 76.7 Å². The number of hydrogen-bond donors (Lipinski definition) is 2. The maximum Gasteiger partial charge on any atom is 0.408 e. The van der Waals surface area contributed by atoms with Crippen LogP contribution in [0.5, 0.6) is 0 Å². The summed E-state index contributed by atoms with van der Waals surface area (Å²) in [6, 6.07) is 0.505. The van der Waals surface area contributed by atoms with Crippen molar-refractivity contribution in [3.8, 4) is 0 Å². The molecule has 0 spiro atoms. The van der Waals surface area contributed by atoms with Gasteiger partial charge in [0.1, 0.15) is 11.1 Å². The lowest BCUT2D eigenvalue weighted by Crippen LogP contribution is -2.63. The Balaban J connectivity index is 2.12. The minimum atomic E-state index is -0.964. The molecule has 0 aromatic rings. The van der Waals surface area contributed by atoms with Gasteiger partial charge in [0.25, 0.3) is 0 Å². The molecule has 0 aromatic heterocycles. The summed E-state index contributed by atoms with van der Waals surface area (Å²) in [5.74, 6) is -0.387. The van der Waals surface area contributed by atoms with Crippen LogP contribution < -0.4 is 10.6 Å². The Kier molecular flexibility index (Phi) is 3.95. The number of esters is 1. The van der Waals surface area contributed by atoms with E-state index in [9.17, 15) is 9.59 Å². The van der Waals surface area contributed by atoms with Gasteiger partial charge in [0.05, 0.1) is 7.11 Å². The molecule has 2 atom stereocenters. The standard InChI is InChI=1S/C14H24N2O4/c1-13(2,3)20-12(18)16-14(11(17)19-4)7-9-5-6-10(8-14)15-9/h9-10,15H,5-8H2,1-4H3,(H,16,18). The number of alkyl carbamates (subject to hydrolysis) is 1. The SMILES string of the molecule is COC(=O)C1(NC(=O)OC(C)(C)C)CC2CCC(C1)N2. The van der Waals surface area contributed by atoms with Gasteiger partial charge in [-0.25, -0.2) is 9.59 Å². The molecule has 2 bridgehead atoms. The van der Waals surface area contributed by atoms with Crippen LogP contribution in [0.4, 0.5) is 4.79 Å². The maximum atomic E-state index is 12.2. The summed E-state index contributed by atoms with van der Waals surface area (Å²) in [5.41, 5.74) is -1.55. The molecule has 2 aliphatic heterocycles. The average Bonchev–Trinajstić information content (AvgIpc) is 2.65. The Bertz CT molecular complexity index is 390. The van der Waals surface area contributed by atoms with Crippen LogP contribution in [0.25, 0.3) is 0 Å². The van der Waals surface area contributed by atoms with Crippen molar-refractivity contribution in [3.05, 3.63) is 0 Å². The monoisotopic (exact) mass is 284 g/mol. The van der Waals surface area contributed by atoms with Gasteiger partial charge in [0.15, 0.2) is 0 Å². The molecule has 6 nitrogen and oxygen atoms in total. The van der Waals surface area contributed by atoms with Crippen LogP contribution in [-0.2, 0) is 14.3 Å². The quantitative estimate of drug-likeness (QED) is 0.748. The molecule has 2 unspecified atom stereocenters. The third kappa shape index (κ3) is 3.23. The zero-order valence-electron chi connectivity index (χ0n) is 12.6. The predicted octanol–water partition coefficient (Wildman–Crippen LogP) is 1.34. The van der Waals surface area contributed by atoms with Gasteiger partial charge in [-0.15, -0.1) is 0 Å². The lowest BCUT2D eigenvalue weighted by Gasteiger charge is -2.39. The molecular weight excluding hydrogens is 260 g/mol. The van der Waals surface area contributed by atoms with Gasteiger partial charge in [0.2, 0.25) is 0 Å². The predicted molar refractivity (Wildman–Crippen MR) is 73.3 cm³/mol. The lowest BCUT2D eigenvalue weighted by molar-refractivity contribution is -0.150. The molecule has 2 saturated heterocycles. The summed E-state index contributed by atoms with van der Waals surface area (Å²) in [4.78, 5) is 24.2. The van der Waals surface area contributed by atoms with Crippen molar-refractivity contribution in [1.29, 1.82) is 0 Å². The second-order valence-electron chi connectivity index (χ2n) is 6.75. The van der Waals surface area contributed by atoms with Crippen LogP contribution in [0.15, 0.2) is 0 Å². The second kappa shape index (κ2) is 5.24. The van der Waals surface area contributed by atoms with Crippen molar-refractivity contribution in [2.45, 2.75) is 69.7 Å². The van der Waals surface area contributed by atoms with Crippen LogP contribution in [-0.4, -0.2) is 42.4 Å². The highest BCUT2D eigenvalue weighted by atomic mass is 16.6. The molecule has 0 saturated carbocycles. The smallest absolute Gasteiger partial charge is 0.408 e. The minimum Gasteiger partial charge on any atom is -0.467 e. The first-order chi connectivity index (χ1) is 9.24. The van der Waals surface area contributed by atoms with Gasteiger partial charge in [-0.2, -0.15) is 0 Å². The van der Waals surface area contributed by atoms with Crippen molar-refractivity contribution in [1.82, 2.24) is 10.6 Å². The number of ether oxygens (including phenoxy) is 2. The zero-order chi connectivity index (χ0) is 15.0. The number of rotatable bonds is 2. The van der Waals surface area contributed by atoms with Crippen molar-refractivity contribution < 1.29 is 19.1 Å². The Hall–Kier alpha value is -1.30. The molecule has 2 rings (SSSR count). The highest BCUT2D eigenvalue weighted by Gasteiger charge is 2.50. The van der Waals surface area contributed by atoms with E-state index in [1.165, 1.54) is 7.11 Å². The fourth-order valence-corrected chi connectivity index (χ4v) is 3.16. The van der Waals surface area contributed by atoms with Gasteiger partial charge in [-0.05, 0) is 46.5 Å². The van der Waals surface area contributed by atoms with E-state index in [0.29, 0.717) is 12.8 Å². The average molecular weight is 284 g/mol. The summed E-state index contributed by atoms with van der Waals surface area (Å²) in [7, 11) is 1.35. The van der Waals surface area contributed by atoms with Gasteiger partial charge >= 0.3 is 12.1 Å². The minimum absolute atomic E-state index is 0.253. The third-order valence-corrected chi connectivity index (χ3v) is 3.84. The summed E-state index contributed by atoms with van der Waals surface area (Å²) >= 11 is 0. The molecule has 0 radical (unpaired) electrons. The Labute approximate surface area is 119 Å². The van der Waals surface area contributed by atoms with E-state index in [4.69, 9.17) is 9.47 Å². The van der Waals surface area contributed by atoms with Crippen molar-refractivity contribution in [2.75, 3.05) is 7.11 Å². The number of fused-ring (bicyclic) bond motifs is 2. The van der Waals surface area contributed by atoms with Gasteiger partial charge < -0.3 is 20.1 Å². The summed E-state index contributed by atoms with van der Waals surface area (Å²) in [6.07, 6.45) is 2.59. The van der Waals surface area contributed by atoms with Crippen LogP contribution in [0.1, 0.15) is 46.5 Å². The molecule has 20 heavy (non-hydrogen) atoms. The first kappa shape index (κ1) is 15.1. The Morgan fingerprint density at radius 1 is 1.20 bits per heavy atom. The molecule has 2 N–H and O–H groups in total. The normalized spacial score (nSPS) is 32.6. The van der Waals surface area contributed by atoms with E-state index in [2.05, 4.69) is 10.6 Å². The molecular formula is C14H24N2O4. The van der Waals surface area contributed by atoms with Crippen LogP contribution in [0.2, 0.25) is 0 Å². The first-order valence-corrected chi connectivity index (χ1v) is 7.10. The number of methoxy groups -OCH3 is 1. The molecule has 0 aromatic carbocycles. The van der Waals surface area contributed by atoms with Gasteiger partial charge in [-0.3, -0.25) is 0 Å². The van der Waals surface area contributed by atoms with Gasteiger partial charge in [-0.1, -0.05) is 0 Å². The van der Waals surface area contributed by atoms with E-state index in [1.807, 2.05) is 0 Å². The summed E-state index contributed by atoms with van der Waals surface area (Å²) < 4.78 is 10.2. The number of hydrogen-bond acceptors (Lipinski definition) is 5. The fraction of sp³-hybridized carbons (Fsp3) is 0.857. The highest BCUT2D eigenvalue weighted by molar-refractivity contribution is 5.86. The number of piperidine rings is 1. The van der Waals surface area contributed by atoms with Crippen LogP contribution in [0, 0.1) is 0 Å². The molecule has 1 amide bonds. The Morgan fingerprint density at radius 3 is 2.20 bits per heavy atom. The Morgan fingerprint density at radius 2 is 1.75 bits per heavy atom. The molecule has 0 aliphatic carbocycles. The van der Waals surface area contributed by atoms with Gasteiger partial charge in [0, 0.05) is 12.1 Å². The van der Waals surface area contributed by atoms with E-state index >= 15 is 0 Å². The van der Waals surface area contributed by atoms with Crippen molar-refractivity contribution >= 4 is 12.1 Å². The largest absolute Gasteiger partial charge is 0.467 e. The third-order valence-electron chi connectivity index (χ3n) is 3.84. The summed E-state index contributed by atoms with van der Waals surface area (Å²) in [6.45, 7) is 5.39. The number of nitrogens with one attached hydrogen (secondary N) is 2. The lowest BCUT2D eigenvalue weighted by atomic mass is 9.84. The van der Waals surface area contributed by atoms with Crippen molar-refractivity contribution in [3.63, 3.8) is 0 Å². The van der Waals surface area contributed by atoms with Crippen LogP contribution >= 0.6 is 0 Å². The number of carbonyl (C=O) groups is 2. The van der Waals surface area contributed by atoms with Crippen molar-refractivity contribution in [2.24, 2.45) is 0 Å². The summed E-state index contributed by atoms with van der Waals surface area (Å²) in [5, 5.41) is 6.21. The molecule has 2 aliphatic rings. The zero-order valence-corrected chi connectivity index (χ0v) is 12.6. The molecule has 6 heteroatoms. The number of carbonyl (C=O) groups excluding carboxylic acids is 2. The van der Waals surface area contributed by atoms with E-state index in [1.54, 1.807) is 20.8 Å². The van der Waals surface area contributed by atoms with E-state index in [-0.39, 0.29) is 18.1 Å². The highest BCUT2D eigenvalue weighted by Crippen LogP contribution is 2.35. The molecule has 2 fully saturated rings. The van der Waals surface area contributed by atoms with Crippen LogP contribution in [0.3, 0.4) is 0 Å². The molecule has 2 heterocycles. The number of amides is 1. The first-order valence-electron chi connectivity index (χ1n) is 7.10. The fourth-order valence-electron chi connectivity index (χ4n) is 3.16. The van der Waals surface area contributed by atoms with E-state index in [0.717, 1.165) is 12.8 Å². The second-order valence-corrected chi connectivity index (χ2v) is 6.75. The maximum absolute atomic E-state index is 12.2. The van der Waals surface area contributed by atoms with E-state index < -0.39 is 17.2 Å².